The van der Waals surface area contributed by atoms with Crippen molar-refractivity contribution in [2.24, 2.45) is 5.73 Å². The molecule has 0 saturated carbocycles. The standard InChI is InChI=1S/C12H14N2O/c13-5-1-7-15-12-3-2-10-4-6-14-9-11(10)8-12/h2-4,6,8-9H,1,5,7,13H2. The Balaban J connectivity index is 2.16. The van der Waals surface area contributed by atoms with Crippen molar-refractivity contribution in [3.05, 3.63) is 36.7 Å². The molecule has 3 nitrogen and oxygen atoms in total. The maximum absolute atomic E-state index is 5.55. The normalized spacial score (nSPS) is 10.5. The minimum atomic E-state index is 0.662. The zero-order valence-electron chi connectivity index (χ0n) is 8.52. The second-order valence-corrected chi connectivity index (χ2v) is 3.38. The van der Waals surface area contributed by atoms with Gasteiger partial charge in [-0.1, -0.05) is 6.07 Å². The van der Waals surface area contributed by atoms with Gasteiger partial charge in [-0.05, 0) is 36.6 Å². The van der Waals surface area contributed by atoms with Crippen LogP contribution in [-0.2, 0) is 0 Å². The molecule has 0 saturated heterocycles. The molecular formula is C12H14N2O. The number of hydrogen-bond donors (Lipinski definition) is 1. The van der Waals surface area contributed by atoms with Crippen LogP contribution in [-0.4, -0.2) is 18.1 Å². The van der Waals surface area contributed by atoms with Gasteiger partial charge in [0, 0.05) is 17.8 Å². The molecule has 2 N–H and O–H groups in total. The van der Waals surface area contributed by atoms with E-state index in [0.29, 0.717) is 13.2 Å². The second-order valence-electron chi connectivity index (χ2n) is 3.38. The van der Waals surface area contributed by atoms with Crippen LogP contribution in [0.3, 0.4) is 0 Å². The quantitative estimate of drug-likeness (QED) is 0.771. The molecule has 0 radical (unpaired) electrons. The number of benzene rings is 1. The number of ether oxygens (including phenoxy) is 1. The molecule has 2 aromatic rings. The number of aromatic nitrogens is 1. The Labute approximate surface area is 88.9 Å². The van der Waals surface area contributed by atoms with Gasteiger partial charge in [0.2, 0.25) is 0 Å². The van der Waals surface area contributed by atoms with Gasteiger partial charge in [-0.25, -0.2) is 0 Å². The Hall–Kier alpha value is -1.61. The topological polar surface area (TPSA) is 48.1 Å². The number of nitrogens with two attached hydrogens (primary N) is 1. The van der Waals surface area contributed by atoms with Crippen molar-refractivity contribution in [2.45, 2.75) is 6.42 Å². The van der Waals surface area contributed by atoms with Crippen LogP contribution < -0.4 is 10.5 Å². The van der Waals surface area contributed by atoms with E-state index in [4.69, 9.17) is 10.5 Å². The van der Waals surface area contributed by atoms with E-state index in [-0.39, 0.29) is 0 Å². The number of pyridine rings is 1. The molecule has 15 heavy (non-hydrogen) atoms. The van der Waals surface area contributed by atoms with E-state index in [9.17, 15) is 0 Å². The summed E-state index contributed by atoms with van der Waals surface area (Å²) in [4.78, 5) is 4.07. The summed E-state index contributed by atoms with van der Waals surface area (Å²) in [6.45, 7) is 1.33. The Morgan fingerprint density at radius 1 is 1.20 bits per heavy atom. The third kappa shape index (κ3) is 2.44. The van der Waals surface area contributed by atoms with Crippen molar-refractivity contribution in [3.8, 4) is 5.75 Å². The molecule has 0 bridgehead atoms. The van der Waals surface area contributed by atoms with Gasteiger partial charge in [-0.15, -0.1) is 0 Å². The van der Waals surface area contributed by atoms with E-state index >= 15 is 0 Å². The minimum absolute atomic E-state index is 0.662. The molecule has 1 heterocycles. The highest BCUT2D eigenvalue weighted by Gasteiger charge is 1.96. The van der Waals surface area contributed by atoms with Crippen LogP contribution in [0.15, 0.2) is 36.7 Å². The predicted octanol–water partition coefficient (Wildman–Crippen LogP) is 1.96. The highest BCUT2D eigenvalue weighted by molar-refractivity contribution is 5.82. The first-order valence-electron chi connectivity index (χ1n) is 5.07. The first-order chi connectivity index (χ1) is 7.40. The van der Waals surface area contributed by atoms with Crippen molar-refractivity contribution < 1.29 is 4.74 Å². The van der Waals surface area contributed by atoms with Gasteiger partial charge >= 0.3 is 0 Å². The summed E-state index contributed by atoms with van der Waals surface area (Å²) in [6.07, 6.45) is 4.51. The van der Waals surface area contributed by atoms with Gasteiger partial charge in [0.25, 0.3) is 0 Å². The van der Waals surface area contributed by atoms with Crippen LogP contribution in [0.4, 0.5) is 0 Å². The molecular weight excluding hydrogens is 188 g/mol. The lowest BCUT2D eigenvalue weighted by atomic mass is 10.2. The van der Waals surface area contributed by atoms with E-state index in [1.54, 1.807) is 6.20 Å². The van der Waals surface area contributed by atoms with E-state index in [0.717, 1.165) is 17.6 Å². The molecule has 0 aliphatic heterocycles. The molecule has 0 amide bonds. The SMILES string of the molecule is NCCCOc1ccc2ccncc2c1. The van der Waals surface area contributed by atoms with Gasteiger partial charge < -0.3 is 10.5 Å². The lowest BCUT2D eigenvalue weighted by molar-refractivity contribution is 0.314. The molecule has 0 atom stereocenters. The third-order valence-corrected chi connectivity index (χ3v) is 2.23. The summed E-state index contributed by atoms with van der Waals surface area (Å²) in [5.74, 6) is 0.879. The van der Waals surface area contributed by atoms with Crippen molar-refractivity contribution in [1.29, 1.82) is 0 Å². The number of nitrogens with zero attached hydrogens (tertiary/aromatic N) is 1. The van der Waals surface area contributed by atoms with Gasteiger partial charge in [-0.3, -0.25) is 4.98 Å². The molecule has 1 aromatic carbocycles. The highest BCUT2D eigenvalue weighted by atomic mass is 16.5. The van der Waals surface area contributed by atoms with Gasteiger partial charge in [-0.2, -0.15) is 0 Å². The second kappa shape index (κ2) is 4.75. The summed E-state index contributed by atoms with van der Waals surface area (Å²) in [5, 5.41) is 2.28. The van der Waals surface area contributed by atoms with E-state index in [1.165, 1.54) is 5.39 Å². The smallest absolute Gasteiger partial charge is 0.119 e. The predicted molar refractivity (Wildman–Crippen MR) is 60.9 cm³/mol. The summed E-state index contributed by atoms with van der Waals surface area (Å²) in [5.41, 5.74) is 5.39. The summed E-state index contributed by atoms with van der Waals surface area (Å²) in [6, 6.07) is 7.99. The summed E-state index contributed by atoms with van der Waals surface area (Å²) >= 11 is 0. The first-order valence-corrected chi connectivity index (χ1v) is 5.07. The first kappa shape index (κ1) is 9.93. The van der Waals surface area contributed by atoms with Crippen LogP contribution in [0.25, 0.3) is 10.8 Å². The van der Waals surface area contributed by atoms with Crippen molar-refractivity contribution >= 4 is 10.8 Å². The summed E-state index contributed by atoms with van der Waals surface area (Å²) < 4.78 is 5.55. The van der Waals surface area contributed by atoms with Crippen LogP contribution in [0.1, 0.15) is 6.42 Å². The molecule has 78 valence electrons. The van der Waals surface area contributed by atoms with Crippen molar-refractivity contribution in [1.82, 2.24) is 4.98 Å². The van der Waals surface area contributed by atoms with Crippen LogP contribution in [0, 0.1) is 0 Å². The molecule has 1 aromatic heterocycles. The highest BCUT2D eigenvalue weighted by Crippen LogP contribution is 2.19. The Bertz CT molecular complexity index is 442. The Morgan fingerprint density at radius 2 is 2.13 bits per heavy atom. The molecule has 3 heteroatoms. The molecule has 0 unspecified atom stereocenters. The molecule has 0 aliphatic carbocycles. The van der Waals surface area contributed by atoms with Gasteiger partial charge in [0.15, 0.2) is 0 Å². The number of fused-ring (bicyclic) bond motifs is 1. The fourth-order valence-corrected chi connectivity index (χ4v) is 1.43. The fraction of sp³-hybridized carbons (Fsp3) is 0.250. The van der Waals surface area contributed by atoms with Crippen molar-refractivity contribution in [2.75, 3.05) is 13.2 Å². The average molecular weight is 202 g/mol. The molecule has 0 aliphatic rings. The van der Waals surface area contributed by atoms with Crippen molar-refractivity contribution in [3.63, 3.8) is 0 Å². The van der Waals surface area contributed by atoms with Gasteiger partial charge in [0.05, 0.1) is 6.61 Å². The Kier molecular flexibility index (Phi) is 3.15. The molecule has 0 spiro atoms. The summed E-state index contributed by atoms with van der Waals surface area (Å²) in [7, 11) is 0. The molecule has 0 fully saturated rings. The van der Waals surface area contributed by atoms with Gasteiger partial charge in [0.1, 0.15) is 5.75 Å². The molecule has 2 rings (SSSR count). The minimum Gasteiger partial charge on any atom is -0.494 e. The van der Waals surface area contributed by atoms with Crippen LogP contribution in [0.5, 0.6) is 5.75 Å². The largest absolute Gasteiger partial charge is 0.494 e. The maximum atomic E-state index is 5.55. The Morgan fingerprint density at radius 3 is 3.00 bits per heavy atom. The van der Waals surface area contributed by atoms with Crippen LogP contribution in [0.2, 0.25) is 0 Å². The monoisotopic (exact) mass is 202 g/mol. The zero-order chi connectivity index (χ0) is 10.5. The lowest BCUT2D eigenvalue weighted by Crippen LogP contribution is -2.05. The van der Waals surface area contributed by atoms with E-state index in [2.05, 4.69) is 4.98 Å². The lowest BCUT2D eigenvalue weighted by Gasteiger charge is -2.05. The maximum Gasteiger partial charge on any atom is 0.119 e. The number of rotatable bonds is 4. The number of hydrogen-bond acceptors (Lipinski definition) is 3. The zero-order valence-corrected chi connectivity index (χ0v) is 8.52. The fourth-order valence-electron chi connectivity index (χ4n) is 1.43. The van der Waals surface area contributed by atoms with Crippen LogP contribution >= 0.6 is 0 Å². The van der Waals surface area contributed by atoms with E-state index < -0.39 is 0 Å². The average Bonchev–Trinajstić information content (AvgIpc) is 2.29. The van der Waals surface area contributed by atoms with E-state index in [1.807, 2.05) is 30.5 Å². The third-order valence-electron chi connectivity index (χ3n) is 2.23.